The molecule has 3 radical (unpaired) electrons. The van der Waals surface area contributed by atoms with Crippen LogP contribution in [0.3, 0.4) is 0 Å². The molecule has 0 spiro atoms. The lowest BCUT2D eigenvalue weighted by molar-refractivity contribution is 0.000267. The van der Waals surface area contributed by atoms with Crippen molar-refractivity contribution in [2.75, 3.05) is 6.61 Å². The van der Waals surface area contributed by atoms with Crippen molar-refractivity contribution in [2.45, 2.75) is 112 Å². The van der Waals surface area contributed by atoms with Crippen molar-refractivity contribution in [1.29, 1.82) is 0 Å². The zero-order valence-corrected chi connectivity index (χ0v) is 18.2. The van der Waals surface area contributed by atoms with Crippen LogP contribution in [-0.2, 0) is 4.74 Å². The number of ether oxygens (including phenoxy) is 1. The third-order valence-corrected chi connectivity index (χ3v) is 6.34. The molecule has 2 saturated carbocycles. The van der Waals surface area contributed by atoms with Gasteiger partial charge in [-0.1, -0.05) is 86.0 Å². The van der Waals surface area contributed by atoms with E-state index in [0.717, 1.165) is 36.2 Å². The minimum Gasteiger partial charge on any atom is -0.378 e. The summed E-state index contributed by atoms with van der Waals surface area (Å²) >= 11 is 0. The number of rotatable bonds is 0. The van der Waals surface area contributed by atoms with Crippen LogP contribution in [0.4, 0.5) is 0 Å². The first-order valence-electron chi connectivity index (χ1n) is 11.0. The van der Waals surface area contributed by atoms with Gasteiger partial charge in [-0.2, -0.15) is 0 Å². The zero-order valence-electron chi connectivity index (χ0n) is 18.2. The number of hydrogen-bond donors (Lipinski definition) is 0. The Hall–Kier alpha value is 0.0249. The molecule has 1 aliphatic heterocycles. The van der Waals surface area contributed by atoms with Crippen LogP contribution >= 0.6 is 0 Å². The highest BCUT2D eigenvalue weighted by Crippen LogP contribution is 2.27. The fourth-order valence-electron chi connectivity index (χ4n) is 3.87. The highest BCUT2D eigenvalue weighted by atomic mass is 16.5. The molecule has 3 fully saturated rings. The first kappa shape index (κ1) is 25.0. The van der Waals surface area contributed by atoms with Gasteiger partial charge in [0.1, 0.15) is 0 Å². The van der Waals surface area contributed by atoms with E-state index in [1.165, 1.54) is 64.2 Å². The second-order valence-electron chi connectivity index (χ2n) is 9.56. The minimum atomic E-state index is 0. The van der Waals surface area contributed by atoms with Crippen molar-refractivity contribution >= 4 is 8.41 Å². The Morgan fingerprint density at radius 1 is 0.440 bits per heavy atom. The van der Waals surface area contributed by atoms with Crippen molar-refractivity contribution in [3.8, 4) is 0 Å². The molecule has 147 valence electrons. The van der Waals surface area contributed by atoms with E-state index in [0.29, 0.717) is 6.10 Å². The predicted molar refractivity (Wildman–Crippen MR) is 113 cm³/mol. The monoisotopic (exact) mass is 349 g/mol. The molecular weight excluding hydrogens is 303 g/mol. The Labute approximate surface area is 161 Å². The van der Waals surface area contributed by atoms with Crippen LogP contribution in [-0.4, -0.2) is 21.1 Å². The van der Waals surface area contributed by atoms with Crippen LogP contribution in [0.5, 0.6) is 0 Å². The van der Waals surface area contributed by atoms with Crippen LogP contribution in [0.25, 0.3) is 0 Å². The van der Waals surface area contributed by atoms with Gasteiger partial charge in [0.2, 0.25) is 0 Å². The topological polar surface area (TPSA) is 9.23 Å². The van der Waals surface area contributed by atoms with Crippen LogP contribution in [0.2, 0.25) is 0 Å². The van der Waals surface area contributed by atoms with Crippen molar-refractivity contribution in [3.63, 3.8) is 0 Å². The summed E-state index contributed by atoms with van der Waals surface area (Å²) in [6.07, 6.45) is 14.9. The Balaban J connectivity index is 0.000000339. The molecule has 3 aliphatic rings. The van der Waals surface area contributed by atoms with Gasteiger partial charge in [0, 0.05) is 15.0 Å². The first-order valence-corrected chi connectivity index (χ1v) is 11.0. The molecule has 1 saturated heterocycles. The fourth-order valence-corrected chi connectivity index (χ4v) is 3.87. The van der Waals surface area contributed by atoms with Gasteiger partial charge in [0.05, 0.1) is 6.10 Å². The Morgan fingerprint density at radius 3 is 0.920 bits per heavy atom. The third kappa shape index (κ3) is 12.9. The van der Waals surface area contributed by atoms with Gasteiger partial charge in [0.25, 0.3) is 0 Å². The van der Waals surface area contributed by atoms with Crippen molar-refractivity contribution in [1.82, 2.24) is 0 Å². The van der Waals surface area contributed by atoms with Crippen LogP contribution < -0.4 is 0 Å². The maximum Gasteiger partial charge on any atom is 0.0547 e. The first-order chi connectivity index (χ1) is 11.4. The van der Waals surface area contributed by atoms with E-state index in [-0.39, 0.29) is 8.41 Å². The van der Waals surface area contributed by atoms with Crippen LogP contribution in [0.1, 0.15) is 106 Å². The quantitative estimate of drug-likeness (QED) is 0.424. The Kier molecular flexibility index (Phi) is 14.1. The van der Waals surface area contributed by atoms with Gasteiger partial charge in [-0.05, 0) is 49.4 Å². The van der Waals surface area contributed by atoms with Gasteiger partial charge < -0.3 is 4.74 Å². The summed E-state index contributed by atoms with van der Waals surface area (Å²) in [5.41, 5.74) is 0. The Morgan fingerprint density at radius 2 is 0.720 bits per heavy atom. The summed E-state index contributed by atoms with van der Waals surface area (Å²) in [7, 11) is 0. The van der Waals surface area contributed by atoms with Gasteiger partial charge in [-0.3, -0.25) is 0 Å². The normalized spacial score (nSPS) is 38.2. The highest BCUT2D eigenvalue weighted by Gasteiger charge is 2.14. The molecule has 0 aromatic rings. The van der Waals surface area contributed by atoms with Crippen molar-refractivity contribution in [2.24, 2.45) is 29.6 Å². The second-order valence-corrected chi connectivity index (χ2v) is 9.56. The molecular formula is C23H46BO. The van der Waals surface area contributed by atoms with E-state index in [1.807, 2.05) is 0 Å². The standard InChI is InChI=1S/2C8H16.C7H14O.B/c2*1-7-3-5-8(2)6-4-7;1-6-3-4-7(2)8-5-6;/h2*7-8H,3-6H2,1-2H3;6-7H,3-5H2,1-2H3;. The van der Waals surface area contributed by atoms with Gasteiger partial charge in [-0.25, -0.2) is 0 Å². The van der Waals surface area contributed by atoms with E-state index in [4.69, 9.17) is 4.74 Å². The average Bonchev–Trinajstić information content (AvgIpc) is 2.57. The molecule has 2 heteroatoms. The smallest absolute Gasteiger partial charge is 0.0547 e. The maximum atomic E-state index is 5.39. The highest BCUT2D eigenvalue weighted by molar-refractivity contribution is 5.75. The maximum absolute atomic E-state index is 5.39. The molecule has 0 amide bonds. The molecule has 1 heterocycles. The van der Waals surface area contributed by atoms with Crippen molar-refractivity contribution in [3.05, 3.63) is 0 Å². The molecule has 2 aliphatic carbocycles. The summed E-state index contributed by atoms with van der Waals surface area (Å²) < 4.78 is 5.39. The minimum absolute atomic E-state index is 0. The molecule has 0 N–H and O–H groups in total. The summed E-state index contributed by atoms with van der Waals surface area (Å²) in [6.45, 7) is 14.8. The molecule has 3 rings (SSSR count). The fraction of sp³-hybridized carbons (Fsp3) is 1.00. The lowest BCUT2D eigenvalue weighted by Gasteiger charge is -2.23. The molecule has 2 unspecified atom stereocenters. The average molecular weight is 349 g/mol. The van der Waals surface area contributed by atoms with Gasteiger partial charge in [-0.15, -0.1) is 0 Å². The SMILES string of the molecule is CC1CCC(C)CC1.CC1CCC(C)CC1.CC1CCC(C)OC1.[B]. The molecule has 1 nitrogen and oxygen atoms in total. The van der Waals surface area contributed by atoms with E-state index in [1.54, 1.807) is 0 Å². The summed E-state index contributed by atoms with van der Waals surface area (Å²) in [5.74, 6) is 4.88. The zero-order chi connectivity index (χ0) is 17.9. The van der Waals surface area contributed by atoms with Gasteiger partial charge in [0.15, 0.2) is 0 Å². The summed E-state index contributed by atoms with van der Waals surface area (Å²) in [5, 5.41) is 0. The Bertz CT molecular complexity index is 205. The predicted octanol–water partition coefficient (Wildman–Crippen LogP) is 7.11. The summed E-state index contributed by atoms with van der Waals surface area (Å²) in [4.78, 5) is 0. The third-order valence-electron chi connectivity index (χ3n) is 6.34. The van der Waals surface area contributed by atoms with E-state index >= 15 is 0 Å². The van der Waals surface area contributed by atoms with E-state index in [9.17, 15) is 0 Å². The summed E-state index contributed by atoms with van der Waals surface area (Å²) in [6, 6.07) is 0. The largest absolute Gasteiger partial charge is 0.378 e. The number of hydrogen-bond acceptors (Lipinski definition) is 1. The van der Waals surface area contributed by atoms with Gasteiger partial charge >= 0.3 is 0 Å². The molecule has 0 aromatic heterocycles. The van der Waals surface area contributed by atoms with E-state index in [2.05, 4.69) is 41.5 Å². The lowest BCUT2D eigenvalue weighted by atomic mass is 9.84. The second kappa shape index (κ2) is 14.1. The molecule has 2 atom stereocenters. The van der Waals surface area contributed by atoms with Crippen LogP contribution in [0, 0.1) is 29.6 Å². The molecule has 25 heavy (non-hydrogen) atoms. The molecule has 0 bridgehead atoms. The van der Waals surface area contributed by atoms with Crippen LogP contribution in [0.15, 0.2) is 0 Å². The van der Waals surface area contributed by atoms with E-state index < -0.39 is 0 Å². The lowest BCUT2D eigenvalue weighted by Crippen LogP contribution is -2.21. The molecule has 0 aromatic carbocycles. The van der Waals surface area contributed by atoms with Crippen molar-refractivity contribution < 1.29 is 4.74 Å².